The van der Waals surface area contributed by atoms with Crippen LogP contribution in [0.3, 0.4) is 0 Å². The number of hydrogen-bond acceptors (Lipinski definition) is 8. The van der Waals surface area contributed by atoms with E-state index in [0.29, 0.717) is 30.3 Å². The SMILES string of the molecule is Cc1nc2cc(OC[C@H](O)CN3CCN(CCNS(=O)(=O)c4cccc5ccccc45)CC3)ccc2s1. The van der Waals surface area contributed by atoms with Gasteiger partial charge in [0.1, 0.15) is 18.5 Å². The van der Waals surface area contributed by atoms with Crippen LogP contribution in [0.15, 0.2) is 65.6 Å². The largest absolute Gasteiger partial charge is 0.491 e. The summed E-state index contributed by atoms with van der Waals surface area (Å²) in [7, 11) is -3.59. The predicted molar refractivity (Wildman–Crippen MR) is 148 cm³/mol. The molecule has 2 heterocycles. The lowest BCUT2D eigenvalue weighted by Gasteiger charge is -2.35. The van der Waals surface area contributed by atoms with E-state index in [0.717, 1.165) is 52.2 Å². The van der Waals surface area contributed by atoms with Gasteiger partial charge in [0.15, 0.2) is 0 Å². The molecular formula is C27H32N4O4S2. The number of aryl methyl sites for hydroxylation is 1. The molecule has 0 aliphatic carbocycles. The highest BCUT2D eigenvalue weighted by Gasteiger charge is 2.21. The molecule has 5 rings (SSSR count). The third kappa shape index (κ3) is 6.46. The summed E-state index contributed by atoms with van der Waals surface area (Å²) in [5, 5.41) is 13.1. The molecular weight excluding hydrogens is 508 g/mol. The quantitative estimate of drug-likeness (QED) is 0.319. The molecule has 10 heteroatoms. The van der Waals surface area contributed by atoms with Crippen LogP contribution in [-0.4, -0.2) is 86.8 Å². The van der Waals surface area contributed by atoms with Gasteiger partial charge in [-0.25, -0.2) is 18.1 Å². The zero-order valence-corrected chi connectivity index (χ0v) is 22.5. The van der Waals surface area contributed by atoms with Crippen LogP contribution in [0.25, 0.3) is 21.0 Å². The number of aromatic nitrogens is 1. The molecule has 0 bridgehead atoms. The Balaban J connectivity index is 1.04. The zero-order valence-electron chi connectivity index (χ0n) is 20.8. The van der Waals surface area contributed by atoms with E-state index in [1.807, 2.05) is 55.5 Å². The number of aliphatic hydroxyl groups excluding tert-OH is 1. The van der Waals surface area contributed by atoms with Gasteiger partial charge in [-0.1, -0.05) is 36.4 Å². The monoisotopic (exact) mass is 540 g/mol. The van der Waals surface area contributed by atoms with Crippen molar-refractivity contribution in [2.45, 2.75) is 17.9 Å². The first-order valence-electron chi connectivity index (χ1n) is 12.5. The van der Waals surface area contributed by atoms with Crippen LogP contribution in [-0.2, 0) is 10.0 Å². The van der Waals surface area contributed by atoms with E-state index in [4.69, 9.17) is 4.74 Å². The number of piperazine rings is 1. The minimum Gasteiger partial charge on any atom is -0.491 e. The van der Waals surface area contributed by atoms with Crippen molar-refractivity contribution in [3.8, 4) is 5.75 Å². The smallest absolute Gasteiger partial charge is 0.241 e. The van der Waals surface area contributed by atoms with Gasteiger partial charge < -0.3 is 9.84 Å². The topological polar surface area (TPSA) is 95.0 Å². The molecule has 0 saturated carbocycles. The van der Waals surface area contributed by atoms with Gasteiger partial charge in [-0.15, -0.1) is 11.3 Å². The fraction of sp³-hybridized carbons (Fsp3) is 0.370. The van der Waals surface area contributed by atoms with Crippen LogP contribution in [0.4, 0.5) is 0 Å². The number of β-amino-alcohol motifs (C(OH)–C–C–N with tert-alkyl or cyclic N) is 1. The van der Waals surface area contributed by atoms with Crippen LogP contribution in [0.2, 0.25) is 0 Å². The molecule has 1 fully saturated rings. The molecule has 0 amide bonds. The van der Waals surface area contributed by atoms with Gasteiger partial charge >= 0.3 is 0 Å². The van der Waals surface area contributed by atoms with Crippen molar-refractivity contribution in [2.24, 2.45) is 0 Å². The summed E-state index contributed by atoms with van der Waals surface area (Å²) >= 11 is 1.65. The first kappa shape index (κ1) is 26.0. The molecule has 0 unspecified atom stereocenters. The fourth-order valence-corrected chi connectivity index (χ4v) is 6.75. The first-order valence-corrected chi connectivity index (χ1v) is 14.8. The van der Waals surface area contributed by atoms with E-state index in [1.165, 1.54) is 0 Å². The third-order valence-electron chi connectivity index (χ3n) is 6.60. The van der Waals surface area contributed by atoms with Crippen molar-refractivity contribution >= 4 is 42.3 Å². The van der Waals surface area contributed by atoms with Crippen molar-refractivity contribution in [3.63, 3.8) is 0 Å². The standard InChI is InChI=1S/C27H32N4O4S2/c1-20-29-25-17-23(9-10-26(25)36-20)35-19-22(32)18-31-15-13-30(14-16-31)12-11-28-37(33,34)27-8-4-6-21-5-2-3-7-24(21)27/h2-10,17,22,28,32H,11-16,18-19H2,1H3/t22-/m1/s1. The van der Waals surface area contributed by atoms with Crippen LogP contribution >= 0.6 is 11.3 Å². The maximum atomic E-state index is 12.9. The molecule has 1 aliphatic rings. The second-order valence-electron chi connectivity index (χ2n) is 9.34. The van der Waals surface area contributed by atoms with E-state index < -0.39 is 16.1 Å². The number of nitrogens with one attached hydrogen (secondary N) is 1. The van der Waals surface area contributed by atoms with Gasteiger partial charge in [0.05, 0.1) is 20.1 Å². The summed E-state index contributed by atoms with van der Waals surface area (Å²) in [4.78, 5) is 9.27. The molecule has 196 valence electrons. The van der Waals surface area contributed by atoms with Crippen LogP contribution in [0.5, 0.6) is 5.75 Å². The Labute approximate surface area is 221 Å². The lowest BCUT2D eigenvalue weighted by molar-refractivity contribution is 0.0465. The zero-order chi connectivity index (χ0) is 25.8. The average molecular weight is 541 g/mol. The molecule has 1 atom stereocenters. The second kappa shape index (κ2) is 11.4. The Morgan fingerprint density at radius 2 is 1.81 bits per heavy atom. The molecule has 1 saturated heterocycles. The van der Waals surface area contributed by atoms with E-state index in [2.05, 4.69) is 19.5 Å². The Morgan fingerprint density at radius 1 is 1.05 bits per heavy atom. The van der Waals surface area contributed by atoms with Gasteiger partial charge in [0.25, 0.3) is 0 Å². The first-order chi connectivity index (χ1) is 17.9. The van der Waals surface area contributed by atoms with E-state index in [1.54, 1.807) is 23.5 Å². The van der Waals surface area contributed by atoms with Crippen molar-refractivity contribution in [1.29, 1.82) is 0 Å². The molecule has 8 nitrogen and oxygen atoms in total. The molecule has 1 aliphatic heterocycles. The molecule has 3 aromatic carbocycles. The van der Waals surface area contributed by atoms with E-state index in [-0.39, 0.29) is 6.61 Å². The lowest BCUT2D eigenvalue weighted by Crippen LogP contribution is -2.50. The van der Waals surface area contributed by atoms with Gasteiger partial charge in [0.2, 0.25) is 10.0 Å². The van der Waals surface area contributed by atoms with Crippen molar-refractivity contribution in [2.75, 3.05) is 52.4 Å². The molecule has 4 aromatic rings. The lowest BCUT2D eigenvalue weighted by atomic mass is 10.1. The number of fused-ring (bicyclic) bond motifs is 2. The molecule has 37 heavy (non-hydrogen) atoms. The molecule has 0 radical (unpaired) electrons. The van der Waals surface area contributed by atoms with E-state index >= 15 is 0 Å². The summed E-state index contributed by atoms with van der Waals surface area (Å²) in [5.41, 5.74) is 0.921. The number of aliphatic hydroxyl groups is 1. The minimum absolute atomic E-state index is 0.227. The van der Waals surface area contributed by atoms with Crippen molar-refractivity contribution < 1.29 is 18.3 Å². The Hall–Kier alpha value is -2.60. The molecule has 0 spiro atoms. The van der Waals surface area contributed by atoms with Gasteiger partial charge in [-0.2, -0.15) is 0 Å². The Morgan fingerprint density at radius 3 is 2.65 bits per heavy atom. The number of rotatable bonds is 10. The number of hydrogen-bond donors (Lipinski definition) is 2. The number of sulfonamides is 1. The average Bonchev–Trinajstić information content (AvgIpc) is 3.27. The maximum Gasteiger partial charge on any atom is 0.241 e. The highest BCUT2D eigenvalue weighted by molar-refractivity contribution is 7.89. The minimum atomic E-state index is -3.59. The van der Waals surface area contributed by atoms with Crippen LogP contribution in [0, 0.1) is 6.92 Å². The normalized spacial score (nSPS) is 16.4. The summed E-state index contributed by atoms with van der Waals surface area (Å²) in [6, 6.07) is 18.7. The Bertz CT molecular complexity index is 1460. The second-order valence-corrected chi connectivity index (χ2v) is 12.3. The van der Waals surface area contributed by atoms with Gasteiger partial charge in [-0.05, 0) is 30.5 Å². The van der Waals surface area contributed by atoms with Crippen molar-refractivity contribution in [1.82, 2.24) is 19.5 Å². The summed E-state index contributed by atoms with van der Waals surface area (Å²) in [6.07, 6.45) is -0.591. The highest BCUT2D eigenvalue weighted by Crippen LogP contribution is 2.26. The van der Waals surface area contributed by atoms with Crippen LogP contribution in [0.1, 0.15) is 5.01 Å². The van der Waals surface area contributed by atoms with Crippen LogP contribution < -0.4 is 9.46 Å². The van der Waals surface area contributed by atoms with Gasteiger partial charge in [-0.3, -0.25) is 9.80 Å². The summed E-state index contributed by atoms with van der Waals surface area (Å²) in [6.45, 7) is 7.03. The van der Waals surface area contributed by atoms with Crippen molar-refractivity contribution in [3.05, 3.63) is 65.7 Å². The maximum absolute atomic E-state index is 12.9. The fourth-order valence-electron chi connectivity index (χ4n) is 4.70. The predicted octanol–water partition coefficient (Wildman–Crippen LogP) is 3.09. The molecule has 2 N–H and O–H groups in total. The number of nitrogens with zero attached hydrogens (tertiary/aromatic N) is 3. The number of benzene rings is 3. The number of thiazole rings is 1. The highest BCUT2D eigenvalue weighted by atomic mass is 32.2. The molecule has 1 aromatic heterocycles. The third-order valence-corrected chi connectivity index (χ3v) is 9.07. The van der Waals surface area contributed by atoms with Gasteiger partial charge in [0, 0.05) is 57.3 Å². The number of ether oxygens (including phenoxy) is 1. The summed E-state index contributed by atoms with van der Waals surface area (Å²) < 4.78 is 35.5. The Kier molecular flexibility index (Phi) is 8.04. The van der Waals surface area contributed by atoms with E-state index in [9.17, 15) is 13.5 Å². The summed E-state index contributed by atoms with van der Waals surface area (Å²) in [5.74, 6) is 0.715.